The van der Waals surface area contributed by atoms with E-state index in [2.05, 4.69) is 39.2 Å². The summed E-state index contributed by atoms with van der Waals surface area (Å²) < 4.78 is 11.1. The molecule has 8 nitrogen and oxygen atoms in total. The molecule has 2 aromatic carbocycles. The van der Waals surface area contributed by atoms with Crippen molar-refractivity contribution in [3.8, 4) is 17.0 Å². The van der Waals surface area contributed by atoms with E-state index in [1.165, 1.54) is 0 Å². The summed E-state index contributed by atoms with van der Waals surface area (Å²) in [4.78, 5) is 16.9. The lowest BCUT2D eigenvalue weighted by Gasteiger charge is -2.27. The van der Waals surface area contributed by atoms with E-state index < -0.39 is 0 Å². The second kappa shape index (κ2) is 11.5. The van der Waals surface area contributed by atoms with E-state index in [0.717, 1.165) is 48.9 Å². The summed E-state index contributed by atoms with van der Waals surface area (Å²) in [6.07, 6.45) is 0. The van der Waals surface area contributed by atoms with Gasteiger partial charge in [0.2, 0.25) is 0 Å². The molecule has 0 spiro atoms. The van der Waals surface area contributed by atoms with Crippen LogP contribution in [0.3, 0.4) is 0 Å². The first kappa shape index (κ1) is 23.5. The molecule has 0 unspecified atom stereocenters. The van der Waals surface area contributed by atoms with E-state index in [1.54, 1.807) is 0 Å². The maximum atomic E-state index is 12.5. The largest absolute Gasteiger partial charge is 0.484 e. The van der Waals surface area contributed by atoms with Gasteiger partial charge >= 0.3 is 0 Å². The van der Waals surface area contributed by atoms with Crippen LogP contribution in [0.25, 0.3) is 11.3 Å². The maximum absolute atomic E-state index is 12.5. The van der Waals surface area contributed by atoms with Gasteiger partial charge in [-0.2, -0.15) is 0 Å². The van der Waals surface area contributed by atoms with Gasteiger partial charge in [-0.3, -0.25) is 4.79 Å². The van der Waals surface area contributed by atoms with Crippen LogP contribution < -0.4 is 19.9 Å². The molecule has 178 valence electrons. The SMILES string of the molecule is CCN(CC)c1cccc(OCC(=O)Nc2cccc(-c3ccc(N4CCOCC4)nn3)c2)c1. The molecule has 1 saturated heterocycles. The number of amides is 1. The number of aromatic nitrogens is 2. The van der Waals surface area contributed by atoms with Crippen LogP contribution >= 0.6 is 0 Å². The Morgan fingerprint density at radius 3 is 2.56 bits per heavy atom. The summed E-state index contributed by atoms with van der Waals surface area (Å²) in [7, 11) is 0. The van der Waals surface area contributed by atoms with E-state index in [1.807, 2.05) is 60.7 Å². The Morgan fingerprint density at radius 1 is 1.03 bits per heavy atom. The summed E-state index contributed by atoms with van der Waals surface area (Å²) in [5.74, 6) is 1.29. The van der Waals surface area contributed by atoms with Crippen molar-refractivity contribution in [2.45, 2.75) is 13.8 Å². The Labute approximate surface area is 200 Å². The molecule has 1 aromatic heterocycles. The molecule has 0 atom stereocenters. The molecule has 0 radical (unpaired) electrons. The highest BCUT2D eigenvalue weighted by Crippen LogP contribution is 2.23. The van der Waals surface area contributed by atoms with Gasteiger partial charge in [0.1, 0.15) is 5.75 Å². The zero-order valence-electron chi connectivity index (χ0n) is 19.7. The fraction of sp³-hybridized carbons (Fsp3) is 0.346. The van der Waals surface area contributed by atoms with E-state index >= 15 is 0 Å². The first-order valence-electron chi connectivity index (χ1n) is 11.7. The molecule has 4 rings (SSSR count). The van der Waals surface area contributed by atoms with Crippen LogP contribution in [0.15, 0.2) is 60.7 Å². The molecule has 1 fully saturated rings. The average molecular weight is 462 g/mol. The minimum atomic E-state index is -0.223. The Kier molecular flexibility index (Phi) is 7.93. The van der Waals surface area contributed by atoms with Crippen molar-refractivity contribution in [1.82, 2.24) is 10.2 Å². The van der Waals surface area contributed by atoms with Gasteiger partial charge in [0.05, 0.1) is 18.9 Å². The summed E-state index contributed by atoms with van der Waals surface area (Å²) in [5, 5.41) is 11.7. The zero-order chi connectivity index (χ0) is 23.8. The van der Waals surface area contributed by atoms with Gasteiger partial charge in [0.25, 0.3) is 5.91 Å². The molecule has 8 heteroatoms. The Morgan fingerprint density at radius 2 is 1.82 bits per heavy atom. The standard InChI is InChI=1S/C26H31N5O3/c1-3-30(4-2)22-9-6-10-23(18-22)34-19-26(32)27-21-8-5-7-20(17-21)24-11-12-25(29-28-24)31-13-15-33-16-14-31/h5-12,17-18H,3-4,13-16,19H2,1-2H3,(H,27,32). The van der Waals surface area contributed by atoms with Crippen LogP contribution in [0.5, 0.6) is 5.75 Å². The van der Waals surface area contributed by atoms with Gasteiger partial charge in [-0.15, -0.1) is 10.2 Å². The highest BCUT2D eigenvalue weighted by molar-refractivity contribution is 5.92. The van der Waals surface area contributed by atoms with Crippen molar-refractivity contribution in [3.05, 3.63) is 60.7 Å². The lowest BCUT2D eigenvalue weighted by molar-refractivity contribution is -0.118. The van der Waals surface area contributed by atoms with Gasteiger partial charge < -0.3 is 24.6 Å². The average Bonchev–Trinajstić information content (AvgIpc) is 2.89. The zero-order valence-corrected chi connectivity index (χ0v) is 19.7. The molecule has 1 amide bonds. The maximum Gasteiger partial charge on any atom is 0.262 e. The minimum absolute atomic E-state index is 0.0695. The number of morpholine rings is 1. The molecule has 1 aliphatic heterocycles. The lowest BCUT2D eigenvalue weighted by Crippen LogP contribution is -2.36. The number of nitrogens with one attached hydrogen (secondary N) is 1. The van der Waals surface area contributed by atoms with Gasteiger partial charge in [-0.25, -0.2) is 0 Å². The summed E-state index contributed by atoms with van der Waals surface area (Å²) in [6, 6.07) is 19.3. The number of ether oxygens (including phenoxy) is 2. The molecule has 0 saturated carbocycles. The number of nitrogens with zero attached hydrogens (tertiary/aromatic N) is 4. The van der Waals surface area contributed by atoms with Crippen LogP contribution in [0.2, 0.25) is 0 Å². The number of benzene rings is 2. The van der Waals surface area contributed by atoms with E-state index in [9.17, 15) is 4.79 Å². The van der Waals surface area contributed by atoms with Crippen LogP contribution in [0.1, 0.15) is 13.8 Å². The number of carbonyl (C=O) groups excluding carboxylic acids is 1. The molecule has 2 heterocycles. The van der Waals surface area contributed by atoms with E-state index in [-0.39, 0.29) is 12.5 Å². The lowest BCUT2D eigenvalue weighted by atomic mass is 10.1. The second-order valence-electron chi connectivity index (χ2n) is 7.96. The number of rotatable bonds is 9. The summed E-state index contributed by atoms with van der Waals surface area (Å²) in [6.45, 7) is 9.03. The monoisotopic (exact) mass is 461 g/mol. The number of hydrogen-bond acceptors (Lipinski definition) is 7. The third-order valence-electron chi connectivity index (χ3n) is 5.74. The third-order valence-corrected chi connectivity index (χ3v) is 5.74. The van der Waals surface area contributed by atoms with E-state index in [0.29, 0.717) is 24.7 Å². The predicted molar refractivity (Wildman–Crippen MR) is 135 cm³/mol. The molecule has 3 aromatic rings. The normalized spacial score (nSPS) is 13.4. The topological polar surface area (TPSA) is 79.8 Å². The molecular weight excluding hydrogens is 430 g/mol. The van der Waals surface area contributed by atoms with E-state index in [4.69, 9.17) is 9.47 Å². The predicted octanol–water partition coefficient (Wildman–Crippen LogP) is 3.84. The molecule has 0 bridgehead atoms. The fourth-order valence-electron chi connectivity index (χ4n) is 3.90. The Hall–Kier alpha value is -3.65. The smallest absolute Gasteiger partial charge is 0.262 e. The van der Waals surface area contributed by atoms with Gasteiger partial charge in [-0.05, 0) is 50.2 Å². The summed E-state index contributed by atoms with van der Waals surface area (Å²) in [5.41, 5.74) is 3.39. The van der Waals surface area contributed by atoms with Gasteiger partial charge in [0.15, 0.2) is 12.4 Å². The molecule has 34 heavy (non-hydrogen) atoms. The molecule has 1 N–H and O–H groups in total. The molecular formula is C26H31N5O3. The van der Waals surface area contributed by atoms with Crippen LogP contribution in [-0.2, 0) is 9.53 Å². The Bertz CT molecular complexity index is 1080. The first-order valence-corrected chi connectivity index (χ1v) is 11.7. The summed E-state index contributed by atoms with van der Waals surface area (Å²) >= 11 is 0. The molecule has 0 aliphatic carbocycles. The first-order chi connectivity index (χ1) is 16.7. The van der Waals surface area contributed by atoms with Gasteiger partial charge in [-0.1, -0.05) is 18.2 Å². The Balaban J connectivity index is 1.35. The number of anilines is 3. The van der Waals surface area contributed by atoms with Gasteiger partial charge in [0, 0.05) is 49.2 Å². The van der Waals surface area contributed by atoms with Crippen molar-refractivity contribution in [3.63, 3.8) is 0 Å². The van der Waals surface area contributed by atoms with Crippen LogP contribution in [0, 0.1) is 0 Å². The van der Waals surface area contributed by atoms with Crippen LogP contribution in [0.4, 0.5) is 17.2 Å². The van der Waals surface area contributed by atoms with Crippen molar-refractivity contribution in [1.29, 1.82) is 0 Å². The van der Waals surface area contributed by atoms with Crippen molar-refractivity contribution in [2.24, 2.45) is 0 Å². The third kappa shape index (κ3) is 6.02. The van der Waals surface area contributed by atoms with Crippen LogP contribution in [-0.4, -0.2) is 62.1 Å². The quantitative estimate of drug-likeness (QED) is 0.519. The fourth-order valence-corrected chi connectivity index (χ4v) is 3.90. The number of hydrogen-bond donors (Lipinski definition) is 1. The molecule has 1 aliphatic rings. The minimum Gasteiger partial charge on any atom is -0.484 e. The van der Waals surface area contributed by atoms with Crippen molar-refractivity contribution >= 4 is 23.1 Å². The number of carbonyl (C=O) groups is 1. The second-order valence-corrected chi connectivity index (χ2v) is 7.96. The highest BCUT2D eigenvalue weighted by atomic mass is 16.5. The van der Waals surface area contributed by atoms with Crippen molar-refractivity contribution in [2.75, 3.05) is 61.1 Å². The highest BCUT2D eigenvalue weighted by Gasteiger charge is 2.13. The van der Waals surface area contributed by atoms with Crippen molar-refractivity contribution < 1.29 is 14.3 Å².